The second kappa shape index (κ2) is 5.66. The van der Waals surface area contributed by atoms with Gasteiger partial charge in [-0.2, -0.15) is 0 Å². The maximum atomic E-state index is 12.7. The normalized spacial score (nSPS) is 11.9. The van der Waals surface area contributed by atoms with E-state index in [0.717, 1.165) is 29.8 Å². The molecule has 0 spiro atoms. The van der Waals surface area contributed by atoms with Crippen LogP contribution in [-0.2, 0) is 0 Å². The van der Waals surface area contributed by atoms with Gasteiger partial charge in [-0.05, 0) is 52.9 Å². The van der Waals surface area contributed by atoms with Crippen molar-refractivity contribution in [2.45, 2.75) is 47.1 Å². The third-order valence-corrected chi connectivity index (χ3v) is 3.59. The van der Waals surface area contributed by atoms with Crippen LogP contribution in [0.5, 0.6) is 0 Å². The van der Waals surface area contributed by atoms with Gasteiger partial charge in [0.15, 0.2) is 5.78 Å². The number of Topliss-reactive ketones (excluding diaryl/α,β-unsaturated/α-hetero) is 1. The Bertz CT molecular complexity index is 410. The number of rotatable bonds is 5. The van der Waals surface area contributed by atoms with Gasteiger partial charge in [0, 0.05) is 5.56 Å². The molecule has 2 nitrogen and oxygen atoms in total. The fraction of sp³-hybridized carbons (Fsp3) is 0.562. The van der Waals surface area contributed by atoms with E-state index in [2.05, 4.69) is 24.8 Å². The van der Waals surface area contributed by atoms with Crippen LogP contribution >= 0.6 is 0 Å². The fourth-order valence-corrected chi connectivity index (χ4v) is 2.62. The molecule has 0 amide bonds. The summed E-state index contributed by atoms with van der Waals surface area (Å²) in [5.74, 6) is 0.206. The minimum Gasteiger partial charge on any atom is -0.292 e. The topological polar surface area (TPSA) is 20.3 Å². The highest BCUT2D eigenvalue weighted by Gasteiger charge is 2.33. The van der Waals surface area contributed by atoms with Crippen LogP contribution < -0.4 is 0 Å². The molecule has 0 aromatic heterocycles. The third kappa shape index (κ3) is 2.99. The Morgan fingerprint density at radius 1 is 1.06 bits per heavy atom. The Kier molecular flexibility index (Phi) is 4.69. The van der Waals surface area contributed by atoms with Gasteiger partial charge in [0.25, 0.3) is 0 Å². The van der Waals surface area contributed by atoms with Crippen LogP contribution in [-0.4, -0.2) is 29.3 Å². The Labute approximate surface area is 111 Å². The van der Waals surface area contributed by atoms with E-state index in [9.17, 15) is 4.79 Å². The molecule has 0 aliphatic rings. The molecule has 1 aromatic carbocycles. The summed E-state index contributed by atoms with van der Waals surface area (Å²) < 4.78 is 0. The van der Waals surface area contributed by atoms with Crippen molar-refractivity contribution in [2.24, 2.45) is 0 Å². The molecule has 0 N–H and O–H groups in total. The first kappa shape index (κ1) is 14.9. The van der Waals surface area contributed by atoms with Gasteiger partial charge in [-0.3, -0.25) is 9.69 Å². The Morgan fingerprint density at radius 3 is 1.89 bits per heavy atom. The molecule has 0 atom stereocenters. The zero-order valence-electron chi connectivity index (χ0n) is 12.5. The zero-order valence-corrected chi connectivity index (χ0v) is 12.5. The fourth-order valence-electron chi connectivity index (χ4n) is 2.62. The van der Waals surface area contributed by atoms with Crippen molar-refractivity contribution in [2.75, 3.05) is 13.1 Å². The molecule has 0 bridgehead atoms. The third-order valence-electron chi connectivity index (χ3n) is 3.59. The lowest BCUT2D eigenvalue weighted by Gasteiger charge is -2.35. The first-order valence-electron chi connectivity index (χ1n) is 6.71. The predicted octanol–water partition coefficient (Wildman–Crippen LogP) is 3.61. The predicted molar refractivity (Wildman–Crippen MR) is 77.2 cm³/mol. The molecule has 0 heterocycles. The number of likely N-dealkylation sites (N-methyl/N-ethyl adjacent to an activating group) is 1. The molecule has 0 saturated carbocycles. The van der Waals surface area contributed by atoms with Gasteiger partial charge in [0.2, 0.25) is 0 Å². The highest BCUT2D eigenvalue weighted by molar-refractivity contribution is 6.03. The maximum Gasteiger partial charge on any atom is 0.182 e. The van der Waals surface area contributed by atoms with Crippen molar-refractivity contribution in [3.8, 4) is 0 Å². The van der Waals surface area contributed by atoms with Crippen LogP contribution in [0.25, 0.3) is 0 Å². The number of benzene rings is 1. The van der Waals surface area contributed by atoms with E-state index >= 15 is 0 Å². The van der Waals surface area contributed by atoms with Crippen LogP contribution in [0.2, 0.25) is 0 Å². The zero-order chi connectivity index (χ0) is 13.9. The molecular formula is C16H25NO. The molecule has 0 aliphatic heterocycles. The molecular weight excluding hydrogens is 222 g/mol. The molecule has 0 fully saturated rings. The highest BCUT2D eigenvalue weighted by Crippen LogP contribution is 2.21. The van der Waals surface area contributed by atoms with Gasteiger partial charge in [-0.1, -0.05) is 31.0 Å². The summed E-state index contributed by atoms with van der Waals surface area (Å²) in [6.45, 7) is 14.1. The van der Waals surface area contributed by atoms with Gasteiger partial charge in [0.05, 0.1) is 5.54 Å². The quantitative estimate of drug-likeness (QED) is 0.741. The van der Waals surface area contributed by atoms with Crippen LogP contribution in [0.4, 0.5) is 0 Å². The van der Waals surface area contributed by atoms with Crippen LogP contribution in [0.15, 0.2) is 18.2 Å². The molecule has 0 unspecified atom stereocenters. The number of aryl methyl sites for hydroxylation is 2. The summed E-state index contributed by atoms with van der Waals surface area (Å²) in [7, 11) is 0. The maximum absolute atomic E-state index is 12.7. The SMILES string of the molecule is CCN(CC)C(C)(C)C(=O)c1cc(C)cc(C)c1. The Hall–Kier alpha value is -1.15. The van der Waals surface area contributed by atoms with Crippen LogP contribution in [0, 0.1) is 13.8 Å². The van der Waals surface area contributed by atoms with E-state index in [-0.39, 0.29) is 5.78 Å². The lowest BCUT2D eigenvalue weighted by atomic mass is 9.89. The number of carbonyl (C=O) groups is 1. The van der Waals surface area contributed by atoms with Gasteiger partial charge < -0.3 is 0 Å². The molecule has 1 rings (SSSR count). The molecule has 100 valence electrons. The second-order valence-electron chi connectivity index (χ2n) is 5.44. The minimum absolute atomic E-state index is 0.206. The summed E-state index contributed by atoms with van der Waals surface area (Å²) in [5.41, 5.74) is 2.68. The lowest BCUT2D eigenvalue weighted by Crippen LogP contribution is -2.49. The van der Waals surface area contributed by atoms with Crippen molar-refractivity contribution >= 4 is 5.78 Å². The second-order valence-corrected chi connectivity index (χ2v) is 5.44. The van der Waals surface area contributed by atoms with E-state index in [1.807, 2.05) is 39.8 Å². The van der Waals surface area contributed by atoms with Crippen LogP contribution in [0.1, 0.15) is 49.2 Å². The van der Waals surface area contributed by atoms with Gasteiger partial charge in [0.1, 0.15) is 0 Å². The Balaban J connectivity index is 3.12. The number of hydrogen-bond donors (Lipinski definition) is 0. The lowest BCUT2D eigenvalue weighted by molar-refractivity contribution is 0.0668. The van der Waals surface area contributed by atoms with Gasteiger partial charge in [-0.25, -0.2) is 0 Å². The monoisotopic (exact) mass is 247 g/mol. The number of ketones is 1. The van der Waals surface area contributed by atoms with E-state index in [1.165, 1.54) is 0 Å². The summed E-state index contributed by atoms with van der Waals surface area (Å²) >= 11 is 0. The summed E-state index contributed by atoms with van der Waals surface area (Å²) in [6, 6.07) is 6.07. The highest BCUT2D eigenvalue weighted by atomic mass is 16.1. The summed E-state index contributed by atoms with van der Waals surface area (Å²) in [5, 5.41) is 0. The molecule has 0 aliphatic carbocycles. The number of carbonyl (C=O) groups excluding carboxylic acids is 1. The van der Waals surface area contributed by atoms with Gasteiger partial charge in [-0.15, -0.1) is 0 Å². The summed E-state index contributed by atoms with van der Waals surface area (Å²) in [6.07, 6.45) is 0. The smallest absolute Gasteiger partial charge is 0.182 e. The van der Waals surface area contributed by atoms with E-state index in [4.69, 9.17) is 0 Å². The minimum atomic E-state index is -0.441. The van der Waals surface area contributed by atoms with Crippen molar-refractivity contribution in [1.29, 1.82) is 0 Å². The van der Waals surface area contributed by atoms with E-state index < -0.39 is 5.54 Å². The van der Waals surface area contributed by atoms with Crippen molar-refractivity contribution < 1.29 is 4.79 Å². The van der Waals surface area contributed by atoms with E-state index in [1.54, 1.807) is 0 Å². The van der Waals surface area contributed by atoms with E-state index in [0.29, 0.717) is 0 Å². The van der Waals surface area contributed by atoms with Crippen LogP contribution in [0.3, 0.4) is 0 Å². The standard InChI is InChI=1S/C16H25NO/c1-7-17(8-2)16(5,6)15(18)14-10-12(3)9-13(4)11-14/h9-11H,7-8H2,1-6H3. The summed E-state index contributed by atoms with van der Waals surface area (Å²) in [4.78, 5) is 14.9. The first-order chi connectivity index (χ1) is 8.32. The molecule has 2 heteroatoms. The number of hydrogen-bond acceptors (Lipinski definition) is 2. The largest absolute Gasteiger partial charge is 0.292 e. The average Bonchev–Trinajstić information content (AvgIpc) is 2.27. The van der Waals surface area contributed by atoms with Crippen molar-refractivity contribution in [3.63, 3.8) is 0 Å². The van der Waals surface area contributed by atoms with Crippen molar-refractivity contribution in [1.82, 2.24) is 4.90 Å². The molecule has 1 aromatic rings. The Morgan fingerprint density at radius 2 is 1.50 bits per heavy atom. The first-order valence-corrected chi connectivity index (χ1v) is 6.71. The molecule has 18 heavy (non-hydrogen) atoms. The van der Waals surface area contributed by atoms with Gasteiger partial charge >= 0.3 is 0 Å². The number of nitrogens with zero attached hydrogens (tertiary/aromatic N) is 1. The molecule has 0 radical (unpaired) electrons. The van der Waals surface area contributed by atoms with Crippen molar-refractivity contribution in [3.05, 3.63) is 34.9 Å². The molecule has 0 saturated heterocycles. The average molecular weight is 247 g/mol.